The van der Waals surface area contributed by atoms with Crippen LogP contribution >= 0.6 is 11.3 Å². The molecular formula is C15H14N2O2S2. The third kappa shape index (κ3) is 2.91. The van der Waals surface area contributed by atoms with E-state index in [1.165, 1.54) is 11.3 Å². The SMILES string of the molecule is Cc1cccc(S(=O)(=O)Nc2nc3ccc(C)cc3s2)c1. The van der Waals surface area contributed by atoms with Gasteiger partial charge in [0.05, 0.1) is 15.1 Å². The summed E-state index contributed by atoms with van der Waals surface area (Å²) in [5, 5.41) is 0.386. The van der Waals surface area contributed by atoms with Crippen molar-refractivity contribution in [2.45, 2.75) is 18.7 Å². The monoisotopic (exact) mass is 318 g/mol. The minimum atomic E-state index is -3.60. The van der Waals surface area contributed by atoms with E-state index in [0.717, 1.165) is 21.3 Å². The Balaban J connectivity index is 1.97. The van der Waals surface area contributed by atoms with Crippen molar-refractivity contribution < 1.29 is 8.42 Å². The van der Waals surface area contributed by atoms with Gasteiger partial charge < -0.3 is 0 Å². The predicted molar refractivity (Wildman–Crippen MR) is 86.3 cm³/mol. The first-order valence-corrected chi connectivity index (χ1v) is 8.71. The highest BCUT2D eigenvalue weighted by Crippen LogP contribution is 2.28. The summed E-state index contributed by atoms with van der Waals surface area (Å²) < 4.78 is 28.2. The number of rotatable bonds is 3. The van der Waals surface area contributed by atoms with E-state index < -0.39 is 10.0 Å². The number of hydrogen-bond acceptors (Lipinski definition) is 4. The van der Waals surface area contributed by atoms with Crippen molar-refractivity contribution in [3.63, 3.8) is 0 Å². The molecule has 1 aromatic heterocycles. The number of benzene rings is 2. The van der Waals surface area contributed by atoms with Gasteiger partial charge in [-0.3, -0.25) is 4.72 Å². The molecule has 0 amide bonds. The first-order valence-electron chi connectivity index (χ1n) is 6.41. The number of fused-ring (bicyclic) bond motifs is 1. The molecule has 3 rings (SSSR count). The van der Waals surface area contributed by atoms with Crippen LogP contribution in [0.1, 0.15) is 11.1 Å². The summed E-state index contributed by atoms with van der Waals surface area (Å²) in [6.45, 7) is 3.86. The topological polar surface area (TPSA) is 59.1 Å². The number of thiazole rings is 1. The highest BCUT2D eigenvalue weighted by molar-refractivity contribution is 7.93. The fraction of sp³-hybridized carbons (Fsp3) is 0.133. The van der Waals surface area contributed by atoms with Crippen molar-refractivity contribution in [3.8, 4) is 0 Å². The lowest BCUT2D eigenvalue weighted by atomic mass is 10.2. The van der Waals surface area contributed by atoms with Crippen LogP contribution in [-0.2, 0) is 10.0 Å². The van der Waals surface area contributed by atoms with Gasteiger partial charge in [0.25, 0.3) is 10.0 Å². The molecule has 108 valence electrons. The molecule has 0 fully saturated rings. The minimum Gasteiger partial charge on any atom is -0.255 e. The molecule has 3 aromatic rings. The predicted octanol–water partition coefficient (Wildman–Crippen LogP) is 3.71. The van der Waals surface area contributed by atoms with Gasteiger partial charge in [0.15, 0.2) is 5.13 Å². The van der Waals surface area contributed by atoms with Crippen LogP contribution < -0.4 is 4.72 Å². The van der Waals surface area contributed by atoms with E-state index in [2.05, 4.69) is 9.71 Å². The molecule has 0 aliphatic heterocycles. The zero-order valence-electron chi connectivity index (χ0n) is 11.6. The van der Waals surface area contributed by atoms with E-state index in [1.807, 2.05) is 38.1 Å². The van der Waals surface area contributed by atoms with Crippen LogP contribution in [0.2, 0.25) is 0 Å². The van der Waals surface area contributed by atoms with E-state index >= 15 is 0 Å². The van der Waals surface area contributed by atoms with Gasteiger partial charge in [-0.1, -0.05) is 29.5 Å². The zero-order valence-corrected chi connectivity index (χ0v) is 13.3. The molecule has 0 saturated carbocycles. The summed E-state index contributed by atoms with van der Waals surface area (Å²) in [6, 6.07) is 12.7. The molecular weight excluding hydrogens is 304 g/mol. The molecule has 0 aliphatic rings. The van der Waals surface area contributed by atoms with E-state index in [9.17, 15) is 8.42 Å². The lowest BCUT2D eigenvalue weighted by Crippen LogP contribution is -2.12. The van der Waals surface area contributed by atoms with Crippen molar-refractivity contribution in [3.05, 3.63) is 53.6 Å². The lowest BCUT2D eigenvalue weighted by molar-refractivity contribution is 0.601. The van der Waals surface area contributed by atoms with Gasteiger partial charge in [-0.2, -0.15) is 0 Å². The number of hydrogen-bond donors (Lipinski definition) is 1. The van der Waals surface area contributed by atoms with Gasteiger partial charge in [0.1, 0.15) is 0 Å². The minimum absolute atomic E-state index is 0.248. The van der Waals surface area contributed by atoms with E-state index in [4.69, 9.17) is 0 Å². The molecule has 0 aliphatic carbocycles. The number of aromatic nitrogens is 1. The van der Waals surface area contributed by atoms with E-state index in [0.29, 0.717) is 5.13 Å². The average Bonchev–Trinajstić information content (AvgIpc) is 2.79. The van der Waals surface area contributed by atoms with Gasteiger partial charge >= 0.3 is 0 Å². The first-order chi connectivity index (χ1) is 9.94. The van der Waals surface area contributed by atoms with Gasteiger partial charge in [-0.05, 0) is 49.2 Å². The number of nitrogens with one attached hydrogen (secondary N) is 1. The van der Waals surface area contributed by atoms with Crippen molar-refractivity contribution in [1.29, 1.82) is 0 Å². The summed E-state index contributed by atoms with van der Waals surface area (Å²) in [7, 11) is -3.60. The molecule has 1 N–H and O–H groups in total. The third-order valence-corrected chi connectivity index (χ3v) is 5.46. The van der Waals surface area contributed by atoms with Gasteiger partial charge in [-0.15, -0.1) is 0 Å². The van der Waals surface area contributed by atoms with Crippen molar-refractivity contribution in [2.75, 3.05) is 4.72 Å². The highest BCUT2D eigenvalue weighted by Gasteiger charge is 2.16. The quantitative estimate of drug-likeness (QED) is 0.801. The molecule has 0 saturated heterocycles. The largest absolute Gasteiger partial charge is 0.263 e. The maximum absolute atomic E-state index is 12.4. The van der Waals surface area contributed by atoms with Crippen LogP contribution in [-0.4, -0.2) is 13.4 Å². The van der Waals surface area contributed by atoms with E-state index in [-0.39, 0.29) is 4.90 Å². The summed E-state index contributed by atoms with van der Waals surface area (Å²) in [6.07, 6.45) is 0. The Labute approximate surface area is 127 Å². The second-order valence-corrected chi connectivity index (χ2v) is 7.63. The Hall–Kier alpha value is -1.92. The van der Waals surface area contributed by atoms with E-state index in [1.54, 1.807) is 18.2 Å². The highest BCUT2D eigenvalue weighted by atomic mass is 32.2. The van der Waals surface area contributed by atoms with Crippen molar-refractivity contribution >= 4 is 36.7 Å². The lowest BCUT2D eigenvalue weighted by Gasteiger charge is -2.05. The molecule has 6 heteroatoms. The van der Waals surface area contributed by atoms with Crippen molar-refractivity contribution in [2.24, 2.45) is 0 Å². The second-order valence-electron chi connectivity index (χ2n) is 4.91. The Bertz CT molecular complexity index is 914. The molecule has 0 bridgehead atoms. The number of aryl methyl sites for hydroxylation is 2. The molecule has 0 radical (unpaired) electrons. The maximum Gasteiger partial charge on any atom is 0.263 e. The average molecular weight is 318 g/mol. The standard InChI is InChI=1S/C15H14N2O2S2/c1-10-4-3-5-12(8-10)21(18,19)17-15-16-13-7-6-11(2)9-14(13)20-15/h3-9H,1-2H3,(H,16,17). The number of nitrogens with zero attached hydrogens (tertiary/aromatic N) is 1. The number of sulfonamides is 1. The first kappa shape index (κ1) is 14.0. The molecule has 4 nitrogen and oxygen atoms in total. The smallest absolute Gasteiger partial charge is 0.255 e. The van der Waals surface area contributed by atoms with Crippen LogP contribution in [0.3, 0.4) is 0 Å². The fourth-order valence-corrected chi connectivity index (χ4v) is 4.34. The van der Waals surface area contributed by atoms with Gasteiger partial charge in [0.2, 0.25) is 0 Å². The molecule has 1 heterocycles. The van der Waals surface area contributed by atoms with Crippen LogP contribution in [0, 0.1) is 13.8 Å². The van der Waals surface area contributed by atoms with Gasteiger partial charge in [0, 0.05) is 0 Å². The molecule has 0 atom stereocenters. The third-order valence-electron chi connectivity index (χ3n) is 3.07. The zero-order chi connectivity index (χ0) is 15.0. The van der Waals surface area contributed by atoms with Crippen molar-refractivity contribution in [1.82, 2.24) is 4.98 Å². The van der Waals surface area contributed by atoms with Crippen LogP contribution in [0.15, 0.2) is 47.4 Å². The maximum atomic E-state index is 12.4. The molecule has 0 spiro atoms. The molecule has 0 unspecified atom stereocenters. The van der Waals surface area contributed by atoms with Crippen LogP contribution in [0.25, 0.3) is 10.2 Å². The molecule has 21 heavy (non-hydrogen) atoms. The van der Waals surface area contributed by atoms with Crippen LogP contribution in [0.4, 0.5) is 5.13 Å². The van der Waals surface area contributed by atoms with Crippen LogP contribution in [0.5, 0.6) is 0 Å². The summed E-state index contributed by atoms with van der Waals surface area (Å²) in [5.74, 6) is 0. The number of anilines is 1. The Morgan fingerprint density at radius 2 is 1.81 bits per heavy atom. The Morgan fingerprint density at radius 3 is 2.57 bits per heavy atom. The summed E-state index contributed by atoms with van der Waals surface area (Å²) in [4.78, 5) is 4.56. The normalized spacial score (nSPS) is 11.7. The Morgan fingerprint density at radius 1 is 1.05 bits per heavy atom. The van der Waals surface area contributed by atoms with Gasteiger partial charge in [-0.25, -0.2) is 13.4 Å². The fourth-order valence-electron chi connectivity index (χ4n) is 2.03. The summed E-state index contributed by atoms with van der Waals surface area (Å²) >= 11 is 1.34. The molecule has 2 aromatic carbocycles. The second kappa shape index (κ2) is 5.13. The Kier molecular flexibility index (Phi) is 3.43. The summed E-state index contributed by atoms with van der Waals surface area (Å²) in [5.41, 5.74) is 2.82.